The van der Waals surface area contributed by atoms with Gasteiger partial charge in [0.1, 0.15) is 0 Å². The van der Waals surface area contributed by atoms with E-state index in [4.69, 9.17) is 23.2 Å². The summed E-state index contributed by atoms with van der Waals surface area (Å²) in [7, 11) is -3.79. The lowest BCUT2D eigenvalue weighted by Crippen LogP contribution is -2.24. The van der Waals surface area contributed by atoms with E-state index < -0.39 is 10.0 Å². The van der Waals surface area contributed by atoms with E-state index in [1.807, 2.05) is 0 Å². The number of imidazole rings is 1. The van der Waals surface area contributed by atoms with Gasteiger partial charge in [0.2, 0.25) is 0 Å². The van der Waals surface area contributed by atoms with E-state index in [9.17, 15) is 8.42 Å². The fourth-order valence-corrected chi connectivity index (χ4v) is 4.52. The van der Waals surface area contributed by atoms with Crippen molar-refractivity contribution in [3.63, 3.8) is 0 Å². The minimum Gasteiger partial charge on any atom is -0.279 e. The molecule has 3 aromatic rings. The number of hydrogen-bond acceptors (Lipinski definition) is 4. The first kappa shape index (κ1) is 14.8. The summed E-state index contributed by atoms with van der Waals surface area (Å²) in [5, 5.41) is 2.13. The van der Waals surface area contributed by atoms with Crippen molar-refractivity contribution in [3.8, 4) is 0 Å². The van der Waals surface area contributed by atoms with Gasteiger partial charge < -0.3 is 0 Å². The molecule has 0 amide bonds. The molecule has 0 atom stereocenters. The molecular weight excluding hydrogens is 353 g/mol. The molecule has 0 radical (unpaired) electrons. The summed E-state index contributed by atoms with van der Waals surface area (Å²) in [5.74, 6) is 0. The van der Waals surface area contributed by atoms with Gasteiger partial charge in [0, 0.05) is 23.1 Å². The highest BCUT2D eigenvalue weighted by molar-refractivity contribution is 7.89. The number of rotatable bonds is 4. The Labute approximate surface area is 135 Å². The van der Waals surface area contributed by atoms with Crippen molar-refractivity contribution in [1.82, 2.24) is 14.1 Å². The van der Waals surface area contributed by atoms with E-state index in [2.05, 4.69) is 9.71 Å². The zero-order valence-electron chi connectivity index (χ0n) is 10.5. The molecule has 0 bridgehead atoms. The van der Waals surface area contributed by atoms with Crippen LogP contribution in [0.4, 0.5) is 0 Å². The molecule has 2 heterocycles. The first-order valence-corrected chi connectivity index (χ1v) is 8.95. The maximum Gasteiger partial charge on any atom is 0.260 e. The Kier molecular flexibility index (Phi) is 3.94. The zero-order valence-corrected chi connectivity index (χ0v) is 13.6. The minimum absolute atomic E-state index is 0.0477. The van der Waals surface area contributed by atoms with Gasteiger partial charge in [0.25, 0.3) is 10.0 Å². The summed E-state index contributed by atoms with van der Waals surface area (Å²) >= 11 is 13.3. The first-order chi connectivity index (χ1) is 9.99. The average molecular weight is 362 g/mol. The van der Waals surface area contributed by atoms with Gasteiger partial charge in [-0.3, -0.25) is 4.40 Å². The van der Waals surface area contributed by atoms with E-state index >= 15 is 0 Å². The first-order valence-electron chi connectivity index (χ1n) is 5.83. The molecule has 9 heteroatoms. The number of benzene rings is 1. The Balaban J connectivity index is 1.93. The molecule has 21 heavy (non-hydrogen) atoms. The number of halogens is 2. The fourth-order valence-electron chi connectivity index (χ4n) is 1.86. The second kappa shape index (κ2) is 5.58. The molecule has 1 N–H and O–H groups in total. The van der Waals surface area contributed by atoms with Gasteiger partial charge in [-0.05, 0) is 11.6 Å². The van der Waals surface area contributed by atoms with Crippen molar-refractivity contribution >= 4 is 49.5 Å². The number of sulfonamides is 1. The van der Waals surface area contributed by atoms with E-state index in [0.29, 0.717) is 15.5 Å². The van der Waals surface area contributed by atoms with Crippen LogP contribution in [0.2, 0.25) is 10.2 Å². The molecule has 0 aliphatic rings. The summed E-state index contributed by atoms with van der Waals surface area (Å²) in [5.41, 5.74) is 0.685. The molecule has 0 aliphatic carbocycles. The van der Waals surface area contributed by atoms with Crippen LogP contribution in [0.15, 0.2) is 40.9 Å². The monoisotopic (exact) mass is 361 g/mol. The van der Waals surface area contributed by atoms with E-state index in [0.717, 1.165) is 0 Å². The predicted octanol–water partition coefficient (Wildman–Crippen LogP) is 3.18. The van der Waals surface area contributed by atoms with Crippen molar-refractivity contribution < 1.29 is 8.42 Å². The predicted molar refractivity (Wildman–Crippen MR) is 83.6 cm³/mol. The zero-order chi connectivity index (χ0) is 15.0. The summed E-state index contributed by atoms with van der Waals surface area (Å²) in [6.45, 7) is 0.0791. The molecule has 0 fully saturated rings. The van der Waals surface area contributed by atoms with Crippen molar-refractivity contribution in [2.45, 2.75) is 11.6 Å². The van der Waals surface area contributed by atoms with Crippen LogP contribution in [0.5, 0.6) is 0 Å². The topological polar surface area (TPSA) is 63.5 Å². The Morgan fingerprint density at radius 2 is 2.05 bits per heavy atom. The van der Waals surface area contributed by atoms with Gasteiger partial charge >= 0.3 is 0 Å². The molecule has 2 aromatic heterocycles. The lowest BCUT2D eigenvalue weighted by atomic mass is 10.2. The lowest BCUT2D eigenvalue weighted by molar-refractivity contribution is 0.576. The summed E-state index contributed by atoms with van der Waals surface area (Å²) in [6, 6.07) is 7.03. The number of aromatic nitrogens is 2. The van der Waals surface area contributed by atoms with Gasteiger partial charge in [0.05, 0.1) is 0 Å². The standard InChI is InChI=1S/C12H9Cl2N3O2S2/c13-9-4-2-1-3-8(9)7-15-21(18,19)11-10(14)16-12-17(11)5-6-20-12/h1-6,15H,7H2. The van der Waals surface area contributed by atoms with Crippen molar-refractivity contribution in [1.29, 1.82) is 0 Å². The van der Waals surface area contributed by atoms with Gasteiger partial charge in [0.15, 0.2) is 15.1 Å². The van der Waals surface area contributed by atoms with Gasteiger partial charge in [-0.2, -0.15) is 0 Å². The minimum atomic E-state index is -3.79. The average Bonchev–Trinajstić information content (AvgIpc) is 2.97. The molecule has 3 rings (SSSR count). The Morgan fingerprint density at radius 1 is 1.29 bits per heavy atom. The van der Waals surface area contributed by atoms with Gasteiger partial charge in [-0.25, -0.2) is 18.1 Å². The molecule has 1 aromatic carbocycles. The number of thiazole rings is 1. The third kappa shape index (κ3) is 2.79. The quantitative estimate of drug-likeness (QED) is 0.775. The largest absolute Gasteiger partial charge is 0.279 e. The second-order valence-corrected chi connectivity index (χ2v) is 7.50. The Morgan fingerprint density at radius 3 is 2.81 bits per heavy atom. The van der Waals surface area contributed by atoms with Crippen LogP contribution in [0, 0.1) is 0 Å². The molecule has 0 spiro atoms. The second-order valence-electron chi connectivity index (χ2n) is 4.18. The molecule has 0 unspecified atom stereocenters. The van der Waals surface area contributed by atoms with Crippen LogP contribution < -0.4 is 4.72 Å². The SMILES string of the molecule is O=S(=O)(NCc1ccccc1Cl)c1c(Cl)nc2sccn12. The van der Waals surface area contributed by atoms with E-state index in [1.165, 1.54) is 15.7 Å². The number of nitrogens with zero attached hydrogens (tertiary/aromatic N) is 2. The van der Waals surface area contributed by atoms with E-state index in [1.54, 1.807) is 35.8 Å². The van der Waals surface area contributed by atoms with Crippen molar-refractivity contribution in [3.05, 3.63) is 51.6 Å². The highest BCUT2D eigenvalue weighted by Crippen LogP contribution is 2.25. The van der Waals surface area contributed by atoms with Crippen molar-refractivity contribution in [2.75, 3.05) is 0 Å². The molecule has 0 aliphatic heterocycles. The number of hydrogen-bond donors (Lipinski definition) is 1. The third-order valence-corrected chi connectivity index (χ3v) is 5.77. The van der Waals surface area contributed by atoms with Crippen LogP contribution >= 0.6 is 34.5 Å². The summed E-state index contributed by atoms with van der Waals surface area (Å²) in [6.07, 6.45) is 1.61. The highest BCUT2D eigenvalue weighted by Gasteiger charge is 2.24. The molecule has 5 nitrogen and oxygen atoms in total. The summed E-state index contributed by atoms with van der Waals surface area (Å²) < 4.78 is 28.8. The molecule has 0 saturated carbocycles. The van der Waals surface area contributed by atoms with Crippen LogP contribution in [0.25, 0.3) is 4.96 Å². The van der Waals surface area contributed by atoms with Crippen molar-refractivity contribution in [2.24, 2.45) is 0 Å². The lowest BCUT2D eigenvalue weighted by Gasteiger charge is -2.07. The van der Waals surface area contributed by atoms with Gasteiger partial charge in [-0.15, -0.1) is 11.3 Å². The maximum atomic E-state index is 12.4. The third-order valence-electron chi connectivity index (χ3n) is 2.84. The fraction of sp³-hybridized carbons (Fsp3) is 0.0833. The number of nitrogens with one attached hydrogen (secondary N) is 1. The van der Waals surface area contributed by atoms with E-state index in [-0.39, 0.29) is 16.7 Å². The normalized spacial score (nSPS) is 12.1. The summed E-state index contributed by atoms with van der Waals surface area (Å²) in [4.78, 5) is 4.54. The smallest absolute Gasteiger partial charge is 0.260 e. The van der Waals surface area contributed by atoms with Crippen LogP contribution in [-0.2, 0) is 16.6 Å². The highest BCUT2D eigenvalue weighted by atomic mass is 35.5. The molecular formula is C12H9Cl2N3O2S2. The molecule has 110 valence electrons. The maximum absolute atomic E-state index is 12.4. The van der Waals surface area contributed by atoms with Crippen LogP contribution in [0.3, 0.4) is 0 Å². The van der Waals surface area contributed by atoms with Gasteiger partial charge in [-0.1, -0.05) is 41.4 Å². The van der Waals surface area contributed by atoms with Crippen LogP contribution in [-0.4, -0.2) is 17.8 Å². The van der Waals surface area contributed by atoms with Crippen LogP contribution in [0.1, 0.15) is 5.56 Å². The molecule has 0 saturated heterocycles. The Hall–Kier alpha value is -1.12. The Bertz CT molecular complexity index is 902. The number of fused-ring (bicyclic) bond motifs is 1.